The molecule has 1 aliphatic heterocycles. The third kappa shape index (κ3) is 3.02. The van der Waals surface area contributed by atoms with Gasteiger partial charge in [-0.25, -0.2) is 4.39 Å². The van der Waals surface area contributed by atoms with Crippen LogP contribution < -0.4 is 4.57 Å². The number of pyridine rings is 1. The molecule has 0 saturated heterocycles. The monoisotopic (exact) mass is 368 g/mol. The Kier molecular flexibility index (Phi) is 5.74. The highest BCUT2D eigenvalue weighted by molar-refractivity contribution is 5.66. The molecule has 0 fully saturated rings. The number of benzene rings is 1. The smallest absolute Gasteiger partial charge is 0.200 e. The van der Waals surface area contributed by atoms with E-state index in [2.05, 4.69) is 57.4 Å². The number of nitrogens with zero attached hydrogens (tertiary/aromatic N) is 1. The van der Waals surface area contributed by atoms with Crippen molar-refractivity contribution in [2.45, 2.75) is 90.5 Å². The highest BCUT2D eigenvalue weighted by atomic mass is 19.1. The SMILES string of the molecule is CCCCc1ccc2c(c1)-c1ccc(F)c[n+]1C(CC)(CCC)C2(C)CC. The van der Waals surface area contributed by atoms with Crippen molar-refractivity contribution >= 4 is 0 Å². The summed E-state index contributed by atoms with van der Waals surface area (Å²) in [6.45, 7) is 11.4. The lowest BCUT2D eigenvalue weighted by molar-refractivity contribution is -0.771. The molecule has 0 amide bonds. The van der Waals surface area contributed by atoms with Gasteiger partial charge < -0.3 is 0 Å². The van der Waals surface area contributed by atoms with E-state index in [1.807, 2.05) is 6.07 Å². The van der Waals surface area contributed by atoms with Gasteiger partial charge in [-0.3, -0.25) is 0 Å². The topological polar surface area (TPSA) is 3.88 Å². The summed E-state index contributed by atoms with van der Waals surface area (Å²) in [5.41, 5.74) is 5.20. The fourth-order valence-corrected chi connectivity index (χ4v) is 5.45. The van der Waals surface area contributed by atoms with Gasteiger partial charge in [0.1, 0.15) is 0 Å². The van der Waals surface area contributed by atoms with Crippen LogP contribution in [0.1, 0.15) is 84.3 Å². The van der Waals surface area contributed by atoms with Crippen molar-refractivity contribution in [2.24, 2.45) is 0 Å². The van der Waals surface area contributed by atoms with Gasteiger partial charge in [-0.1, -0.05) is 46.2 Å². The molecule has 0 radical (unpaired) electrons. The minimum Gasteiger partial charge on any atom is -0.200 e. The number of hydrogen-bond donors (Lipinski definition) is 0. The molecule has 0 saturated carbocycles. The lowest BCUT2D eigenvalue weighted by Crippen LogP contribution is -2.69. The van der Waals surface area contributed by atoms with Crippen LogP contribution in [0.3, 0.4) is 0 Å². The van der Waals surface area contributed by atoms with Gasteiger partial charge in [0, 0.05) is 18.9 Å². The van der Waals surface area contributed by atoms with E-state index in [1.165, 1.54) is 35.2 Å². The summed E-state index contributed by atoms with van der Waals surface area (Å²) in [4.78, 5) is 0. The minimum absolute atomic E-state index is 0.0121. The third-order valence-corrected chi connectivity index (χ3v) is 7.13. The van der Waals surface area contributed by atoms with Gasteiger partial charge in [-0.2, -0.15) is 4.57 Å². The average Bonchev–Trinajstić information content (AvgIpc) is 2.69. The molecule has 1 aliphatic rings. The third-order valence-electron chi connectivity index (χ3n) is 7.13. The Morgan fingerprint density at radius 2 is 1.74 bits per heavy atom. The summed E-state index contributed by atoms with van der Waals surface area (Å²) in [6, 6.07) is 10.7. The molecule has 0 N–H and O–H groups in total. The van der Waals surface area contributed by atoms with Crippen molar-refractivity contribution in [3.05, 3.63) is 53.5 Å². The maximum Gasteiger partial charge on any atom is 0.213 e. The van der Waals surface area contributed by atoms with Crippen molar-refractivity contribution in [1.82, 2.24) is 0 Å². The first-order valence-electron chi connectivity index (χ1n) is 10.8. The summed E-state index contributed by atoms with van der Waals surface area (Å²) in [6.07, 6.45) is 9.49. The maximum atomic E-state index is 14.4. The van der Waals surface area contributed by atoms with Crippen molar-refractivity contribution in [3.8, 4) is 11.3 Å². The molecule has 2 heteroatoms. The normalized spacial score (nSPS) is 23.8. The zero-order chi connectivity index (χ0) is 19.7. The van der Waals surface area contributed by atoms with Crippen LogP contribution in [0.2, 0.25) is 0 Å². The lowest BCUT2D eigenvalue weighted by atomic mass is 9.58. The maximum absolute atomic E-state index is 14.4. The fraction of sp³-hybridized carbons (Fsp3) is 0.560. The quantitative estimate of drug-likeness (QED) is 0.478. The first-order valence-corrected chi connectivity index (χ1v) is 10.8. The van der Waals surface area contributed by atoms with Crippen molar-refractivity contribution < 1.29 is 8.96 Å². The Morgan fingerprint density at radius 1 is 0.963 bits per heavy atom. The molecule has 2 atom stereocenters. The summed E-state index contributed by atoms with van der Waals surface area (Å²) in [7, 11) is 0. The lowest BCUT2D eigenvalue weighted by Gasteiger charge is -2.48. The second kappa shape index (κ2) is 7.73. The highest BCUT2D eigenvalue weighted by Gasteiger charge is 2.58. The van der Waals surface area contributed by atoms with E-state index in [9.17, 15) is 4.39 Å². The largest absolute Gasteiger partial charge is 0.213 e. The van der Waals surface area contributed by atoms with Crippen LogP contribution in [-0.2, 0) is 17.4 Å². The molecule has 1 nitrogen and oxygen atoms in total. The molecule has 0 aliphatic carbocycles. The van der Waals surface area contributed by atoms with Gasteiger partial charge in [0.25, 0.3) is 0 Å². The predicted molar refractivity (Wildman–Crippen MR) is 111 cm³/mol. The van der Waals surface area contributed by atoms with Crippen LogP contribution >= 0.6 is 0 Å². The van der Waals surface area contributed by atoms with Gasteiger partial charge in [0.2, 0.25) is 11.9 Å². The Bertz CT molecular complexity index is 812. The van der Waals surface area contributed by atoms with Gasteiger partial charge in [0.15, 0.2) is 11.4 Å². The number of rotatable bonds is 7. The number of aryl methyl sites for hydroxylation is 1. The van der Waals surface area contributed by atoms with Crippen LogP contribution in [-0.4, -0.2) is 0 Å². The zero-order valence-electron chi connectivity index (χ0n) is 17.7. The molecular weight excluding hydrogens is 333 g/mol. The second-order valence-electron chi connectivity index (χ2n) is 8.41. The molecule has 2 heterocycles. The van der Waals surface area contributed by atoms with E-state index < -0.39 is 0 Å². The first-order chi connectivity index (χ1) is 13.0. The van der Waals surface area contributed by atoms with E-state index in [1.54, 1.807) is 12.3 Å². The van der Waals surface area contributed by atoms with E-state index in [4.69, 9.17) is 0 Å². The van der Waals surface area contributed by atoms with Crippen molar-refractivity contribution in [2.75, 3.05) is 0 Å². The fourth-order valence-electron chi connectivity index (χ4n) is 5.45. The van der Waals surface area contributed by atoms with E-state index in [0.29, 0.717) is 0 Å². The Morgan fingerprint density at radius 3 is 2.37 bits per heavy atom. The number of hydrogen-bond acceptors (Lipinski definition) is 0. The summed E-state index contributed by atoms with van der Waals surface area (Å²) >= 11 is 0. The van der Waals surface area contributed by atoms with E-state index >= 15 is 0 Å². The Balaban J connectivity index is 2.32. The molecule has 0 spiro atoms. The molecule has 2 aromatic rings. The van der Waals surface area contributed by atoms with Crippen LogP contribution in [0.25, 0.3) is 11.3 Å². The number of halogens is 1. The number of fused-ring (bicyclic) bond motifs is 3. The van der Waals surface area contributed by atoms with Gasteiger partial charge in [-0.05, 0) is 55.9 Å². The predicted octanol–water partition coefficient (Wildman–Crippen LogP) is 6.71. The second-order valence-corrected chi connectivity index (χ2v) is 8.41. The molecule has 1 aromatic carbocycles. The molecule has 0 bridgehead atoms. The Hall–Kier alpha value is -1.70. The van der Waals surface area contributed by atoms with Crippen LogP contribution in [0.4, 0.5) is 4.39 Å². The molecule has 146 valence electrons. The standard InChI is InChI=1S/C25H35FN/c1-6-10-11-19-12-14-22-21(17-19)23-15-13-20(26)18-27(23)25(9-4,16-7-2)24(22,5)8-3/h12-15,17-18H,6-11,16H2,1-5H3/q+1. The van der Waals surface area contributed by atoms with Crippen LogP contribution in [0.5, 0.6) is 0 Å². The molecular formula is C25H35FN+. The molecule has 2 unspecified atom stereocenters. The zero-order valence-corrected chi connectivity index (χ0v) is 17.7. The van der Waals surface area contributed by atoms with E-state index in [-0.39, 0.29) is 16.8 Å². The minimum atomic E-state index is -0.142. The highest BCUT2D eigenvalue weighted by Crippen LogP contribution is 2.51. The summed E-state index contributed by atoms with van der Waals surface area (Å²) in [5.74, 6) is -0.142. The summed E-state index contributed by atoms with van der Waals surface area (Å²) < 4.78 is 16.7. The summed E-state index contributed by atoms with van der Waals surface area (Å²) in [5, 5.41) is 0. The number of unbranched alkanes of at least 4 members (excludes halogenated alkanes) is 1. The van der Waals surface area contributed by atoms with E-state index in [0.717, 1.165) is 32.1 Å². The Labute approximate surface area is 164 Å². The van der Waals surface area contributed by atoms with Crippen molar-refractivity contribution in [3.63, 3.8) is 0 Å². The first kappa shape index (κ1) is 20.0. The molecule has 3 rings (SSSR count). The van der Waals surface area contributed by atoms with Crippen molar-refractivity contribution in [1.29, 1.82) is 0 Å². The van der Waals surface area contributed by atoms with Crippen LogP contribution in [0.15, 0.2) is 36.5 Å². The van der Waals surface area contributed by atoms with Gasteiger partial charge in [-0.15, -0.1) is 0 Å². The molecule has 27 heavy (non-hydrogen) atoms. The average molecular weight is 369 g/mol. The van der Waals surface area contributed by atoms with Gasteiger partial charge >= 0.3 is 0 Å². The number of aromatic nitrogens is 1. The van der Waals surface area contributed by atoms with Gasteiger partial charge in [0.05, 0.1) is 11.0 Å². The van der Waals surface area contributed by atoms with Crippen LogP contribution in [0, 0.1) is 5.82 Å². The molecule has 1 aromatic heterocycles.